The number of nitrogens with one attached hydrogen (secondary N) is 1. The van der Waals surface area contributed by atoms with E-state index in [0.29, 0.717) is 18.1 Å². The van der Waals surface area contributed by atoms with Crippen molar-refractivity contribution < 1.29 is 4.79 Å². The summed E-state index contributed by atoms with van der Waals surface area (Å²) in [5, 5.41) is 2.92. The summed E-state index contributed by atoms with van der Waals surface area (Å²) < 4.78 is 0. The van der Waals surface area contributed by atoms with E-state index < -0.39 is 0 Å². The summed E-state index contributed by atoms with van der Waals surface area (Å²) in [5.74, 6) is 0.446. The molecule has 1 heterocycles. The zero-order valence-corrected chi connectivity index (χ0v) is 16.6. The number of anilines is 1. The lowest BCUT2D eigenvalue weighted by atomic mass is 10.1. The van der Waals surface area contributed by atoms with Crippen molar-refractivity contribution in [2.75, 3.05) is 4.90 Å². The van der Waals surface area contributed by atoms with Crippen molar-refractivity contribution in [3.63, 3.8) is 0 Å². The minimum atomic E-state index is -0.174. The van der Waals surface area contributed by atoms with E-state index in [2.05, 4.69) is 52.2 Å². The quantitative estimate of drug-likeness (QED) is 0.676. The first-order valence-electron chi connectivity index (χ1n) is 9.49. The van der Waals surface area contributed by atoms with Crippen LogP contribution in [0.1, 0.15) is 40.9 Å². The SMILES string of the molecule is Cc1cccc(CNC(=O)c2cnc(N(Cc3ccccc3)C(C)C)nc2)c1. The first kappa shape index (κ1) is 19.5. The molecule has 0 radical (unpaired) electrons. The molecule has 0 saturated heterocycles. The van der Waals surface area contributed by atoms with Crippen LogP contribution in [0.2, 0.25) is 0 Å². The molecule has 1 amide bonds. The molecule has 0 aliphatic carbocycles. The molecular formula is C23H26N4O. The van der Waals surface area contributed by atoms with Gasteiger partial charge in [0.05, 0.1) is 5.56 Å². The monoisotopic (exact) mass is 374 g/mol. The topological polar surface area (TPSA) is 58.1 Å². The molecule has 1 aromatic heterocycles. The normalized spacial score (nSPS) is 10.7. The molecule has 0 spiro atoms. The molecule has 5 nitrogen and oxygen atoms in total. The number of nitrogens with zero attached hydrogens (tertiary/aromatic N) is 3. The number of benzene rings is 2. The Hall–Kier alpha value is -3.21. The number of aryl methyl sites for hydroxylation is 1. The highest BCUT2D eigenvalue weighted by molar-refractivity contribution is 5.93. The highest BCUT2D eigenvalue weighted by Gasteiger charge is 2.15. The van der Waals surface area contributed by atoms with Crippen LogP contribution in [-0.4, -0.2) is 21.9 Å². The predicted molar refractivity (Wildman–Crippen MR) is 112 cm³/mol. The van der Waals surface area contributed by atoms with Gasteiger partial charge in [0.1, 0.15) is 0 Å². The highest BCUT2D eigenvalue weighted by atomic mass is 16.1. The van der Waals surface area contributed by atoms with E-state index in [1.54, 1.807) is 12.4 Å². The minimum Gasteiger partial charge on any atom is -0.348 e. The fourth-order valence-electron chi connectivity index (χ4n) is 2.96. The van der Waals surface area contributed by atoms with Crippen molar-refractivity contribution in [1.29, 1.82) is 0 Å². The lowest BCUT2D eigenvalue weighted by Crippen LogP contribution is -2.32. The summed E-state index contributed by atoms with van der Waals surface area (Å²) in [7, 11) is 0. The van der Waals surface area contributed by atoms with Gasteiger partial charge in [-0.25, -0.2) is 9.97 Å². The van der Waals surface area contributed by atoms with Crippen molar-refractivity contribution in [3.05, 3.63) is 89.2 Å². The summed E-state index contributed by atoms with van der Waals surface area (Å²) >= 11 is 0. The molecule has 0 unspecified atom stereocenters. The number of carbonyl (C=O) groups is 1. The molecule has 0 aliphatic heterocycles. The van der Waals surface area contributed by atoms with Gasteiger partial charge in [-0.3, -0.25) is 4.79 Å². The van der Waals surface area contributed by atoms with Crippen molar-refractivity contribution in [2.45, 2.75) is 39.9 Å². The van der Waals surface area contributed by atoms with Gasteiger partial charge in [-0.15, -0.1) is 0 Å². The average Bonchev–Trinajstić information content (AvgIpc) is 2.71. The van der Waals surface area contributed by atoms with Crippen molar-refractivity contribution in [1.82, 2.24) is 15.3 Å². The first-order valence-corrected chi connectivity index (χ1v) is 9.49. The molecule has 0 aliphatic rings. The van der Waals surface area contributed by atoms with Gasteiger partial charge < -0.3 is 10.2 Å². The van der Waals surface area contributed by atoms with Crippen LogP contribution >= 0.6 is 0 Å². The Morgan fingerprint density at radius 2 is 1.68 bits per heavy atom. The van der Waals surface area contributed by atoms with Crippen LogP contribution in [-0.2, 0) is 13.1 Å². The molecule has 0 bridgehead atoms. The van der Waals surface area contributed by atoms with E-state index in [9.17, 15) is 4.79 Å². The van der Waals surface area contributed by atoms with Gasteiger partial charge in [-0.2, -0.15) is 0 Å². The van der Waals surface area contributed by atoms with Gasteiger partial charge in [0.2, 0.25) is 5.95 Å². The van der Waals surface area contributed by atoms with Crippen LogP contribution in [0.25, 0.3) is 0 Å². The van der Waals surface area contributed by atoms with Crippen LogP contribution < -0.4 is 10.2 Å². The Morgan fingerprint density at radius 3 is 2.32 bits per heavy atom. The van der Waals surface area contributed by atoms with E-state index in [1.807, 2.05) is 43.3 Å². The molecule has 0 fully saturated rings. The lowest BCUT2D eigenvalue weighted by molar-refractivity contribution is 0.0950. The molecule has 3 aromatic rings. The Morgan fingerprint density at radius 1 is 1.00 bits per heavy atom. The lowest BCUT2D eigenvalue weighted by Gasteiger charge is -2.26. The van der Waals surface area contributed by atoms with Gasteiger partial charge in [0.25, 0.3) is 5.91 Å². The number of carbonyl (C=O) groups excluding carboxylic acids is 1. The minimum absolute atomic E-state index is 0.174. The second-order valence-corrected chi connectivity index (χ2v) is 7.15. The van der Waals surface area contributed by atoms with Gasteiger partial charge in [0.15, 0.2) is 0 Å². The van der Waals surface area contributed by atoms with Gasteiger partial charge in [-0.05, 0) is 31.9 Å². The van der Waals surface area contributed by atoms with E-state index in [0.717, 1.165) is 12.1 Å². The molecule has 5 heteroatoms. The summed E-state index contributed by atoms with van der Waals surface area (Å²) in [6.45, 7) is 7.45. The summed E-state index contributed by atoms with van der Waals surface area (Å²) in [6, 6.07) is 18.5. The van der Waals surface area contributed by atoms with E-state index >= 15 is 0 Å². The smallest absolute Gasteiger partial charge is 0.254 e. The van der Waals surface area contributed by atoms with E-state index in [1.165, 1.54) is 11.1 Å². The second-order valence-electron chi connectivity index (χ2n) is 7.15. The van der Waals surface area contributed by atoms with Crippen molar-refractivity contribution in [2.24, 2.45) is 0 Å². The first-order chi connectivity index (χ1) is 13.5. The maximum atomic E-state index is 12.4. The van der Waals surface area contributed by atoms with Gasteiger partial charge in [0, 0.05) is 31.5 Å². The molecule has 0 saturated carbocycles. The third-order valence-corrected chi connectivity index (χ3v) is 4.51. The summed E-state index contributed by atoms with van der Waals surface area (Å²) in [4.78, 5) is 23.4. The van der Waals surface area contributed by atoms with Crippen molar-refractivity contribution in [3.8, 4) is 0 Å². The van der Waals surface area contributed by atoms with Gasteiger partial charge in [-0.1, -0.05) is 60.2 Å². The molecular weight excluding hydrogens is 348 g/mol. The number of aromatic nitrogens is 2. The summed E-state index contributed by atoms with van der Waals surface area (Å²) in [5.41, 5.74) is 3.89. The van der Waals surface area contributed by atoms with Crippen LogP contribution in [0.3, 0.4) is 0 Å². The largest absolute Gasteiger partial charge is 0.348 e. The fourth-order valence-corrected chi connectivity index (χ4v) is 2.96. The van der Waals surface area contributed by atoms with Crippen LogP contribution in [0, 0.1) is 6.92 Å². The third-order valence-electron chi connectivity index (χ3n) is 4.51. The molecule has 28 heavy (non-hydrogen) atoms. The zero-order valence-electron chi connectivity index (χ0n) is 16.6. The Bertz CT molecular complexity index is 907. The summed E-state index contributed by atoms with van der Waals surface area (Å²) in [6.07, 6.45) is 3.18. The molecule has 3 rings (SSSR count). The molecule has 0 atom stereocenters. The van der Waals surface area contributed by atoms with E-state index in [4.69, 9.17) is 0 Å². The number of hydrogen-bond acceptors (Lipinski definition) is 4. The zero-order chi connectivity index (χ0) is 19.9. The maximum Gasteiger partial charge on any atom is 0.254 e. The molecule has 144 valence electrons. The standard InChI is InChI=1S/C23H26N4O/c1-17(2)27(16-19-9-5-4-6-10-19)23-25-14-21(15-26-23)22(28)24-13-20-11-7-8-18(3)12-20/h4-12,14-15,17H,13,16H2,1-3H3,(H,24,28). The Kier molecular flexibility index (Phi) is 6.37. The van der Waals surface area contributed by atoms with Crippen molar-refractivity contribution >= 4 is 11.9 Å². The third kappa shape index (κ3) is 5.16. The Balaban J connectivity index is 1.66. The van der Waals surface area contributed by atoms with Crippen LogP contribution in [0.5, 0.6) is 0 Å². The number of amides is 1. The fraction of sp³-hybridized carbons (Fsp3) is 0.261. The van der Waals surface area contributed by atoms with Gasteiger partial charge >= 0.3 is 0 Å². The maximum absolute atomic E-state index is 12.4. The van der Waals surface area contributed by atoms with Crippen LogP contribution in [0.15, 0.2) is 67.0 Å². The van der Waals surface area contributed by atoms with E-state index in [-0.39, 0.29) is 11.9 Å². The molecule has 2 aromatic carbocycles. The average molecular weight is 374 g/mol. The second kappa shape index (κ2) is 9.13. The van der Waals surface area contributed by atoms with Crippen LogP contribution in [0.4, 0.5) is 5.95 Å². The number of rotatable bonds is 7. The number of hydrogen-bond donors (Lipinski definition) is 1. The Labute approximate surface area is 166 Å². The predicted octanol–water partition coefficient (Wildman–Crippen LogP) is 4.13. The highest BCUT2D eigenvalue weighted by Crippen LogP contribution is 2.15. The molecule has 1 N–H and O–H groups in total.